The Morgan fingerprint density at radius 1 is 1.33 bits per heavy atom. The van der Waals surface area contributed by atoms with Crippen molar-refractivity contribution >= 4 is 12.4 Å². The van der Waals surface area contributed by atoms with Crippen LogP contribution >= 0.6 is 0 Å². The number of carbonyl (C=O) groups excluding carboxylic acids is 1. The van der Waals surface area contributed by atoms with Crippen molar-refractivity contribution in [1.29, 1.82) is 0 Å². The zero-order valence-electron chi connectivity index (χ0n) is 8.37. The Hall–Kier alpha value is -1.45. The predicted molar refractivity (Wildman–Crippen MR) is 58.4 cm³/mol. The normalized spacial score (nSPS) is 12.9. The molecule has 0 aliphatic carbocycles. The molecule has 0 aliphatic rings. The Kier molecular flexibility index (Phi) is 5.37. The summed E-state index contributed by atoms with van der Waals surface area (Å²) in [6, 6.07) is 9.83. The van der Waals surface area contributed by atoms with Gasteiger partial charge in [0.25, 0.3) is 0 Å². The maximum Gasteiger partial charge on any atom is 0.150 e. The van der Waals surface area contributed by atoms with E-state index in [1.165, 1.54) is 0 Å². The van der Waals surface area contributed by atoms with E-state index >= 15 is 0 Å². The van der Waals surface area contributed by atoms with Crippen LogP contribution in [0.1, 0.15) is 5.56 Å². The molecule has 0 heterocycles. The Labute approximate surface area is 89.0 Å². The van der Waals surface area contributed by atoms with Gasteiger partial charge in [0.2, 0.25) is 0 Å². The van der Waals surface area contributed by atoms with Gasteiger partial charge >= 0.3 is 0 Å². The molecule has 0 saturated carbocycles. The highest BCUT2D eigenvalue weighted by atomic mass is 16.5. The van der Waals surface area contributed by atoms with E-state index in [1.807, 2.05) is 42.5 Å². The van der Waals surface area contributed by atoms with Crippen LogP contribution in [0.25, 0.3) is 6.08 Å². The second-order valence-corrected chi connectivity index (χ2v) is 3.05. The molecule has 0 fully saturated rings. The summed E-state index contributed by atoms with van der Waals surface area (Å²) in [6.45, 7) is 0.433. The number of rotatable bonds is 6. The van der Waals surface area contributed by atoms with Crippen molar-refractivity contribution in [2.24, 2.45) is 0 Å². The third-order valence-corrected chi connectivity index (χ3v) is 1.77. The highest BCUT2D eigenvalue weighted by molar-refractivity contribution is 5.55. The number of hydrogen-bond acceptors (Lipinski definition) is 3. The van der Waals surface area contributed by atoms with E-state index in [0.29, 0.717) is 12.9 Å². The van der Waals surface area contributed by atoms with Crippen molar-refractivity contribution in [1.82, 2.24) is 0 Å². The minimum Gasteiger partial charge on any atom is -0.383 e. The topological polar surface area (TPSA) is 46.5 Å². The van der Waals surface area contributed by atoms with Gasteiger partial charge in [0.05, 0.1) is 13.2 Å². The molecule has 0 spiro atoms. The van der Waals surface area contributed by atoms with Crippen LogP contribution < -0.4 is 0 Å². The Bertz CT molecular complexity index is 306. The third-order valence-electron chi connectivity index (χ3n) is 1.77. The lowest BCUT2D eigenvalue weighted by atomic mass is 10.2. The van der Waals surface area contributed by atoms with Gasteiger partial charge in [-0.1, -0.05) is 42.5 Å². The summed E-state index contributed by atoms with van der Waals surface area (Å²) in [5, 5.41) is 8.86. The average Bonchev–Trinajstić information content (AvgIpc) is 2.29. The van der Waals surface area contributed by atoms with E-state index in [0.717, 1.165) is 5.56 Å². The monoisotopic (exact) mass is 206 g/mol. The fourth-order valence-corrected chi connectivity index (χ4v) is 1.04. The van der Waals surface area contributed by atoms with Gasteiger partial charge in [-0.05, 0) is 5.56 Å². The van der Waals surface area contributed by atoms with E-state index in [4.69, 9.17) is 9.84 Å². The minimum atomic E-state index is -1.02. The second-order valence-electron chi connectivity index (χ2n) is 3.05. The van der Waals surface area contributed by atoms with Gasteiger partial charge in [-0.15, -0.1) is 0 Å². The molecule has 1 N–H and O–H groups in total. The Morgan fingerprint density at radius 3 is 2.73 bits per heavy atom. The summed E-state index contributed by atoms with van der Waals surface area (Å²) in [4.78, 5) is 10.0. The van der Waals surface area contributed by atoms with Crippen LogP contribution in [0, 0.1) is 0 Å². The fourth-order valence-electron chi connectivity index (χ4n) is 1.04. The van der Waals surface area contributed by atoms with E-state index in [2.05, 4.69) is 0 Å². The lowest BCUT2D eigenvalue weighted by Crippen LogP contribution is -2.16. The van der Waals surface area contributed by atoms with Crippen LogP contribution in [0.5, 0.6) is 0 Å². The van der Waals surface area contributed by atoms with Crippen molar-refractivity contribution in [2.45, 2.75) is 6.10 Å². The van der Waals surface area contributed by atoms with Crippen molar-refractivity contribution in [3.05, 3.63) is 42.0 Å². The van der Waals surface area contributed by atoms with Crippen LogP contribution in [0.2, 0.25) is 0 Å². The van der Waals surface area contributed by atoms with Gasteiger partial charge in [-0.2, -0.15) is 0 Å². The lowest BCUT2D eigenvalue weighted by Gasteiger charge is -2.01. The maximum absolute atomic E-state index is 10.0. The van der Waals surface area contributed by atoms with Crippen molar-refractivity contribution < 1.29 is 14.6 Å². The van der Waals surface area contributed by atoms with Crippen LogP contribution in [-0.2, 0) is 9.53 Å². The van der Waals surface area contributed by atoms with E-state index in [9.17, 15) is 4.79 Å². The number of benzene rings is 1. The van der Waals surface area contributed by atoms with Gasteiger partial charge in [0.15, 0.2) is 6.29 Å². The molecule has 0 aromatic heterocycles. The molecule has 80 valence electrons. The van der Waals surface area contributed by atoms with E-state index in [1.54, 1.807) is 0 Å². The first-order valence-corrected chi connectivity index (χ1v) is 4.75. The molecule has 3 heteroatoms. The van der Waals surface area contributed by atoms with Gasteiger partial charge < -0.3 is 14.6 Å². The number of aliphatic hydroxyl groups excluding tert-OH is 1. The first-order valence-electron chi connectivity index (χ1n) is 4.75. The molecule has 0 aliphatic heterocycles. The van der Waals surface area contributed by atoms with Gasteiger partial charge in [0, 0.05) is 0 Å². The third kappa shape index (κ3) is 5.10. The molecule has 15 heavy (non-hydrogen) atoms. The molecule has 1 aromatic carbocycles. The van der Waals surface area contributed by atoms with Crippen LogP contribution in [-0.4, -0.2) is 30.7 Å². The number of aldehydes is 1. The standard InChI is InChI=1S/C12H14O3/c13-9-12(14)10-15-8-4-7-11-5-2-1-3-6-11/h1-7,9,12,14H,8,10H2/b7-4+. The first kappa shape index (κ1) is 11.6. The molecule has 3 nitrogen and oxygen atoms in total. The Balaban J connectivity index is 2.20. The second kappa shape index (κ2) is 6.92. The molecule has 1 aromatic rings. The van der Waals surface area contributed by atoms with Gasteiger partial charge in [0.1, 0.15) is 6.10 Å². The summed E-state index contributed by atoms with van der Waals surface area (Å²) in [5.74, 6) is 0. The summed E-state index contributed by atoms with van der Waals surface area (Å²) >= 11 is 0. The number of hydrogen-bond donors (Lipinski definition) is 1. The minimum absolute atomic E-state index is 0.0443. The molecule has 1 atom stereocenters. The highest BCUT2D eigenvalue weighted by Crippen LogP contribution is 2.00. The molecular formula is C12H14O3. The van der Waals surface area contributed by atoms with Crippen LogP contribution in [0.4, 0.5) is 0 Å². The number of ether oxygens (including phenoxy) is 1. The number of carbonyl (C=O) groups is 1. The van der Waals surface area contributed by atoms with Gasteiger partial charge in [-0.3, -0.25) is 0 Å². The smallest absolute Gasteiger partial charge is 0.150 e. The van der Waals surface area contributed by atoms with Crippen LogP contribution in [0.3, 0.4) is 0 Å². The largest absolute Gasteiger partial charge is 0.383 e. The maximum atomic E-state index is 10.0. The quantitative estimate of drug-likeness (QED) is 0.563. The molecule has 0 saturated heterocycles. The molecule has 1 unspecified atom stereocenters. The molecule has 0 radical (unpaired) electrons. The van der Waals surface area contributed by atoms with Gasteiger partial charge in [-0.25, -0.2) is 0 Å². The SMILES string of the molecule is O=CC(O)COC/C=C/c1ccccc1. The summed E-state index contributed by atoms with van der Waals surface area (Å²) in [7, 11) is 0. The Morgan fingerprint density at radius 2 is 2.07 bits per heavy atom. The highest BCUT2D eigenvalue weighted by Gasteiger charge is 1.98. The summed E-state index contributed by atoms with van der Waals surface area (Å²) < 4.78 is 5.04. The summed E-state index contributed by atoms with van der Waals surface area (Å²) in [6.07, 6.45) is 3.20. The average molecular weight is 206 g/mol. The predicted octanol–water partition coefficient (Wildman–Crippen LogP) is 1.28. The molecule has 1 rings (SSSR count). The van der Waals surface area contributed by atoms with Crippen molar-refractivity contribution in [3.63, 3.8) is 0 Å². The number of aliphatic hydroxyl groups is 1. The molecule has 0 amide bonds. The summed E-state index contributed by atoms with van der Waals surface area (Å²) in [5.41, 5.74) is 1.09. The lowest BCUT2D eigenvalue weighted by molar-refractivity contribution is -0.117. The molecule has 0 bridgehead atoms. The van der Waals surface area contributed by atoms with E-state index in [-0.39, 0.29) is 6.61 Å². The molecular weight excluding hydrogens is 192 g/mol. The van der Waals surface area contributed by atoms with E-state index < -0.39 is 6.10 Å². The first-order chi connectivity index (χ1) is 7.33. The zero-order chi connectivity index (χ0) is 10.9. The van der Waals surface area contributed by atoms with Crippen molar-refractivity contribution in [3.8, 4) is 0 Å². The van der Waals surface area contributed by atoms with Crippen molar-refractivity contribution in [2.75, 3.05) is 13.2 Å². The van der Waals surface area contributed by atoms with Crippen LogP contribution in [0.15, 0.2) is 36.4 Å². The zero-order valence-corrected chi connectivity index (χ0v) is 8.37. The fraction of sp³-hybridized carbons (Fsp3) is 0.250.